The molecule has 1 aliphatic rings. The Morgan fingerprint density at radius 3 is 3.00 bits per heavy atom. The number of pyridine rings is 1. The second-order valence-electron chi connectivity index (χ2n) is 5.54. The Morgan fingerprint density at radius 2 is 2.18 bits per heavy atom. The molecule has 116 valence electrons. The summed E-state index contributed by atoms with van der Waals surface area (Å²) in [5.41, 5.74) is 1.44. The number of carbonyl (C=O) groups is 1. The Balaban J connectivity index is 1.62. The van der Waals surface area contributed by atoms with Gasteiger partial charge in [0.15, 0.2) is 0 Å². The fourth-order valence-electron chi connectivity index (χ4n) is 2.64. The molecule has 0 saturated carbocycles. The highest BCUT2D eigenvalue weighted by Gasteiger charge is 2.17. The molecule has 1 aliphatic heterocycles. The van der Waals surface area contributed by atoms with Gasteiger partial charge in [-0.2, -0.15) is 0 Å². The van der Waals surface area contributed by atoms with E-state index in [1.807, 2.05) is 31.2 Å². The molecule has 0 bridgehead atoms. The standard InChI is InChI=1S/C17H20N2O3/c1-13(12-19-7-9-21-10-8-19)22-17(20)15-4-5-16-14(11-15)3-2-6-18-16/h2-6,11,13H,7-10,12H2,1H3/t13-/m1/s1. The molecule has 2 aromatic rings. The normalized spacial score (nSPS) is 17.3. The molecule has 22 heavy (non-hydrogen) atoms. The Bertz CT molecular complexity index is 653. The van der Waals surface area contributed by atoms with Gasteiger partial charge in [0.2, 0.25) is 0 Å². The van der Waals surface area contributed by atoms with E-state index in [0.29, 0.717) is 5.56 Å². The van der Waals surface area contributed by atoms with Crippen molar-refractivity contribution in [3.05, 3.63) is 42.1 Å². The summed E-state index contributed by atoms with van der Waals surface area (Å²) in [5.74, 6) is -0.286. The van der Waals surface area contributed by atoms with Crippen molar-refractivity contribution in [3.63, 3.8) is 0 Å². The number of aromatic nitrogens is 1. The summed E-state index contributed by atoms with van der Waals surface area (Å²) < 4.78 is 10.9. The zero-order valence-corrected chi connectivity index (χ0v) is 12.7. The van der Waals surface area contributed by atoms with E-state index in [1.54, 1.807) is 12.3 Å². The van der Waals surface area contributed by atoms with Gasteiger partial charge in [-0.1, -0.05) is 6.07 Å². The summed E-state index contributed by atoms with van der Waals surface area (Å²) in [6.07, 6.45) is 1.60. The number of morpholine rings is 1. The van der Waals surface area contributed by atoms with Crippen molar-refractivity contribution in [1.82, 2.24) is 9.88 Å². The van der Waals surface area contributed by atoms with Gasteiger partial charge < -0.3 is 9.47 Å². The molecule has 0 unspecified atom stereocenters. The number of nitrogens with zero attached hydrogens (tertiary/aromatic N) is 2. The van der Waals surface area contributed by atoms with Crippen molar-refractivity contribution in [2.24, 2.45) is 0 Å². The van der Waals surface area contributed by atoms with Crippen LogP contribution in [0.4, 0.5) is 0 Å². The number of fused-ring (bicyclic) bond motifs is 1. The summed E-state index contributed by atoms with van der Waals surface area (Å²) in [4.78, 5) is 18.8. The third-order valence-corrected chi connectivity index (χ3v) is 3.77. The molecule has 3 rings (SSSR count). The molecule has 1 atom stereocenters. The second-order valence-corrected chi connectivity index (χ2v) is 5.54. The molecule has 1 fully saturated rings. The van der Waals surface area contributed by atoms with Crippen molar-refractivity contribution < 1.29 is 14.3 Å². The van der Waals surface area contributed by atoms with Gasteiger partial charge in [0.25, 0.3) is 0 Å². The van der Waals surface area contributed by atoms with Crippen molar-refractivity contribution in [3.8, 4) is 0 Å². The van der Waals surface area contributed by atoms with E-state index in [1.165, 1.54) is 0 Å². The molecule has 0 radical (unpaired) electrons. The van der Waals surface area contributed by atoms with Gasteiger partial charge in [-0.15, -0.1) is 0 Å². The first-order valence-corrected chi connectivity index (χ1v) is 7.58. The van der Waals surface area contributed by atoms with Crippen molar-refractivity contribution in [1.29, 1.82) is 0 Å². The monoisotopic (exact) mass is 300 g/mol. The minimum absolute atomic E-state index is 0.143. The van der Waals surface area contributed by atoms with Crippen molar-refractivity contribution >= 4 is 16.9 Å². The van der Waals surface area contributed by atoms with Crippen LogP contribution in [0, 0.1) is 0 Å². The minimum atomic E-state index is -0.286. The first kappa shape index (κ1) is 14.9. The highest BCUT2D eigenvalue weighted by Crippen LogP contribution is 2.15. The average Bonchev–Trinajstić information content (AvgIpc) is 2.55. The zero-order chi connectivity index (χ0) is 15.4. The molecule has 2 heterocycles. The smallest absolute Gasteiger partial charge is 0.338 e. The number of hydrogen-bond acceptors (Lipinski definition) is 5. The minimum Gasteiger partial charge on any atom is -0.458 e. The lowest BCUT2D eigenvalue weighted by Gasteiger charge is -2.28. The largest absolute Gasteiger partial charge is 0.458 e. The third-order valence-electron chi connectivity index (χ3n) is 3.77. The number of carbonyl (C=O) groups excluding carboxylic acids is 1. The quantitative estimate of drug-likeness (QED) is 0.810. The summed E-state index contributed by atoms with van der Waals surface area (Å²) in [6, 6.07) is 9.23. The molecule has 1 aromatic carbocycles. The fourth-order valence-corrected chi connectivity index (χ4v) is 2.64. The van der Waals surface area contributed by atoms with Crippen LogP contribution < -0.4 is 0 Å². The molecule has 5 heteroatoms. The molecule has 0 aliphatic carbocycles. The van der Waals surface area contributed by atoms with Crippen LogP contribution in [0.25, 0.3) is 10.9 Å². The van der Waals surface area contributed by atoms with E-state index < -0.39 is 0 Å². The maximum atomic E-state index is 12.3. The lowest BCUT2D eigenvalue weighted by Crippen LogP contribution is -2.41. The van der Waals surface area contributed by atoms with Crippen LogP contribution in [0.15, 0.2) is 36.5 Å². The van der Waals surface area contributed by atoms with Crippen LogP contribution in [-0.2, 0) is 9.47 Å². The Kier molecular flexibility index (Phi) is 4.65. The number of benzene rings is 1. The third kappa shape index (κ3) is 3.61. The Morgan fingerprint density at radius 1 is 1.36 bits per heavy atom. The summed E-state index contributed by atoms with van der Waals surface area (Å²) >= 11 is 0. The van der Waals surface area contributed by atoms with E-state index in [4.69, 9.17) is 9.47 Å². The number of rotatable bonds is 4. The fraction of sp³-hybridized carbons (Fsp3) is 0.412. The highest BCUT2D eigenvalue weighted by atomic mass is 16.5. The Hall–Kier alpha value is -1.98. The first-order chi connectivity index (χ1) is 10.7. The van der Waals surface area contributed by atoms with Crippen LogP contribution in [0.1, 0.15) is 17.3 Å². The lowest BCUT2D eigenvalue weighted by atomic mass is 10.1. The molecule has 0 amide bonds. The molecule has 0 spiro atoms. The molecule has 5 nitrogen and oxygen atoms in total. The van der Waals surface area contributed by atoms with Crippen LogP contribution in [-0.4, -0.2) is 54.8 Å². The van der Waals surface area contributed by atoms with Gasteiger partial charge in [-0.3, -0.25) is 9.88 Å². The topological polar surface area (TPSA) is 51.7 Å². The summed E-state index contributed by atoms with van der Waals surface area (Å²) in [5, 5.41) is 0.942. The zero-order valence-electron chi connectivity index (χ0n) is 12.7. The van der Waals surface area contributed by atoms with Crippen LogP contribution in [0.5, 0.6) is 0 Å². The second kappa shape index (κ2) is 6.85. The van der Waals surface area contributed by atoms with E-state index in [-0.39, 0.29) is 12.1 Å². The maximum absolute atomic E-state index is 12.3. The predicted molar refractivity (Wildman–Crippen MR) is 83.9 cm³/mol. The molecular formula is C17H20N2O3. The Labute approximate surface area is 129 Å². The molecule has 1 saturated heterocycles. The first-order valence-electron chi connectivity index (χ1n) is 7.58. The molecule has 1 aromatic heterocycles. The highest BCUT2D eigenvalue weighted by molar-refractivity contribution is 5.94. The van der Waals surface area contributed by atoms with Gasteiger partial charge in [-0.05, 0) is 31.2 Å². The van der Waals surface area contributed by atoms with Crippen molar-refractivity contribution in [2.75, 3.05) is 32.8 Å². The summed E-state index contributed by atoms with van der Waals surface area (Å²) in [7, 11) is 0. The SMILES string of the molecule is C[C@H](CN1CCOCC1)OC(=O)c1ccc2ncccc2c1. The predicted octanol–water partition coefficient (Wildman–Crippen LogP) is 2.11. The van der Waals surface area contributed by atoms with Gasteiger partial charge in [0.1, 0.15) is 6.10 Å². The van der Waals surface area contributed by atoms with Gasteiger partial charge >= 0.3 is 5.97 Å². The van der Waals surface area contributed by atoms with E-state index in [2.05, 4.69) is 9.88 Å². The van der Waals surface area contributed by atoms with Gasteiger partial charge in [0.05, 0.1) is 24.3 Å². The van der Waals surface area contributed by atoms with Gasteiger partial charge in [0, 0.05) is 31.2 Å². The molecule has 0 N–H and O–H groups in total. The average molecular weight is 300 g/mol. The van der Waals surface area contributed by atoms with Crippen LogP contribution >= 0.6 is 0 Å². The van der Waals surface area contributed by atoms with Crippen molar-refractivity contribution in [2.45, 2.75) is 13.0 Å². The molecular weight excluding hydrogens is 280 g/mol. The van der Waals surface area contributed by atoms with E-state index in [9.17, 15) is 4.79 Å². The number of esters is 1. The van der Waals surface area contributed by atoms with E-state index in [0.717, 1.165) is 43.8 Å². The van der Waals surface area contributed by atoms with Crippen LogP contribution in [0.3, 0.4) is 0 Å². The van der Waals surface area contributed by atoms with Gasteiger partial charge in [-0.25, -0.2) is 4.79 Å². The number of ether oxygens (including phenoxy) is 2. The lowest BCUT2D eigenvalue weighted by molar-refractivity contribution is 0.000456. The summed E-state index contributed by atoms with van der Waals surface area (Å²) in [6.45, 7) is 5.95. The van der Waals surface area contributed by atoms with Crippen LogP contribution in [0.2, 0.25) is 0 Å². The number of hydrogen-bond donors (Lipinski definition) is 0. The van der Waals surface area contributed by atoms with E-state index >= 15 is 0 Å². The maximum Gasteiger partial charge on any atom is 0.338 e.